The summed E-state index contributed by atoms with van der Waals surface area (Å²) in [6, 6.07) is 14.3. The minimum Gasteiger partial charge on any atom is -0.354 e. The molecule has 7 nitrogen and oxygen atoms in total. The van der Waals surface area contributed by atoms with Crippen LogP contribution in [-0.2, 0) is 32.3 Å². The van der Waals surface area contributed by atoms with E-state index in [0.29, 0.717) is 28.9 Å². The number of alkyl halides is 3. The number of nitrogens with one attached hydrogen (secondary N) is 1. The number of hydrogen-bond acceptors (Lipinski definition) is 4. The van der Waals surface area contributed by atoms with Crippen LogP contribution in [0.1, 0.15) is 37.0 Å². The first kappa shape index (κ1) is 33.4. The highest BCUT2D eigenvalue weighted by molar-refractivity contribution is 9.10. The van der Waals surface area contributed by atoms with E-state index in [1.54, 1.807) is 31.2 Å². The second kappa shape index (κ2) is 13.9. The van der Waals surface area contributed by atoms with Gasteiger partial charge in [-0.15, -0.1) is 0 Å². The van der Waals surface area contributed by atoms with Crippen LogP contribution in [0.5, 0.6) is 0 Å². The molecule has 0 heterocycles. The maximum Gasteiger partial charge on any atom is 0.417 e. The number of carbonyl (C=O) groups is 2. The Morgan fingerprint density at radius 2 is 1.64 bits per heavy atom. The minimum absolute atomic E-state index is 0.0559. The van der Waals surface area contributed by atoms with E-state index in [9.17, 15) is 31.2 Å². The van der Waals surface area contributed by atoms with Gasteiger partial charge < -0.3 is 10.2 Å². The molecule has 2 amide bonds. The van der Waals surface area contributed by atoms with Crippen LogP contribution in [-0.4, -0.2) is 44.3 Å². The molecule has 0 unspecified atom stereocenters. The number of anilines is 1. The fourth-order valence-electron chi connectivity index (χ4n) is 4.02. The van der Waals surface area contributed by atoms with Crippen LogP contribution in [0.15, 0.2) is 76.1 Å². The Morgan fingerprint density at radius 1 is 1.02 bits per heavy atom. The van der Waals surface area contributed by atoms with Gasteiger partial charge in [0.05, 0.1) is 21.2 Å². The van der Waals surface area contributed by atoms with Gasteiger partial charge >= 0.3 is 6.18 Å². The lowest BCUT2D eigenvalue weighted by Crippen LogP contribution is -2.51. The molecule has 0 aliphatic rings. The largest absolute Gasteiger partial charge is 0.417 e. The molecule has 0 aromatic heterocycles. The van der Waals surface area contributed by atoms with Gasteiger partial charge in [-0.05, 0) is 68.3 Å². The van der Waals surface area contributed by atoms with Crippen molar-refractivity contribution in [3.8, 4) is 0 Å². The summed E-state index contributed by atoms with van der Waals surface area (Å²) in [6.45, 7) is 4.55. The van der Waals surface area contributed by atoms with Crippen LogP contribution in [0.25, 0.3) is 0 Å². The zero-order valence-corrected chi connectivity index (χ0v) is 26.2. The van der Waals surface area contributed by atoms with Crippen LogP contribution < -0.4 is 9.62 Å². The molecule has 3 aromatic carbocycles. The van der Waals surface area contributed by atoms with E-state index in [0.717, 1.165) is 22.2 Å². The molecule has 0 radical (unpaired) electrons. The number of amides is 2. The highest BCUT2D eigenvalue weighted by Gasteiger charge is 2.37. The van der Waals surface area contributed by atoms with E-state index >= 15 is 0 Å². The van der Waals surface area contributed by atoms with Crippen molar-refractivity contribution in [3.05, 3.63) is 92.9 Å². The quantitative estimate of drug-likeness (QED) is 0.247. The molecule has 1 atom stereocenters. The number of carbonyl (C=O) groups excluding carboxylic acids is 2. The molecule has 3 rings (SSSR count). The summed E-state index contributed by atoms with van der Waals surface area (Å²) in [5.74, 6) is -1.25. The van der Waals surface area contributed by atoms with Crippen molar-refractivity contribution in [3.63, 3.8) is 0 Å². The lowest BCUT2D eigenvalue weighted by Gasteiger charge is -2.32. The number of halogens is 5. The Kier molecular flexibility index (Phi) is 11.1. The highest BCUT2D eigenvalue weighted by atomic mass is 79.9. The van der Waals surface area contributed by atoms with E-state index in [4.69, 9.17) is 11.6 Å². The molecule has 3 aromatic rings. The summed E-state index contributed by atoms with van der Waals surface area (Å²) < 4.78 is 70.3. The van der Waals surface area contributed by atoms with E-state index in [1.807, 2.05) is 6.92 Å². The SMILES string of the molecule is CCCNC(=O)[C@@H](C)N(Cc1ccc(Br)cc1)C(=O)CN(c1ccc(Cl)c(C(F)(F)F)c1)S(=O)(=O)c1ccc(C)cc1. The number of sulfonamides is 1. The maximum atomic E-state index is 13.9. The van der Waals surface area contributed by atoms with Crippen molar-refractivity contribution in [2.75, 3.05) is 17.4 Å². The Balaban J connectivity index is 2.11. The monoisotopic (exact) mass is 687 g/mol. The van der Waals surface area contributed by atoms with Gasteiger partial charge in [0.25, 0.3) is 10.0 Å². The number of hydrogen-bond donors (Lipinski definition) is 1. The first-order valence-corrected chi connectivity index (χ1v) is 15.5. The summed E-state index contributed by atoms with van der Waals surface area (Å²) in [6.07, 6.45) is -4.23. The Labute approximate surface area is 256 Å². The van der Waals surface area contributed by atoms with E-state index < -0.39 is 56.9 Å². The second-order valence-corrected chi connectivity index (χ2v) is 12.8. The third kappa shape index (κ3) is 8.26. The van der Waals surface area contributed by atoms with Gasteiger partial charge in [-0.2, -0.15) is 13.2 Å². The average molecular weight is 689 g/mol. The van der Waals surface area contributed by atoms with Crippen molar-refractivity contribution in [2.45, 2.75) is 50.9 Å². The normalized spacial score (nSPS) is 12.5. The van der Waals surface area contributed by atoms with Gasteiger partial charge in [-0.1, -0.05) is 64.3 Å². The summed E-state index contributed by atoms with van der Waals surface area (Å²) >= 11 is 9.14. The lowest BCUT2D eigenvalue weighted by molar-refractivity contribution is -0.139. The molecule has 13 heteroatoms. The minimum atomic E-state index is -4.88. The molecule has 0 aliphatic heterocycles. The molecule has 0 bridgehead atoms. The summed E-state index contributed by atoms with van der Waals surface area (Å²) in [5, 5.41) is 2.11. The Hall–Kier alpha value is -3.09. The summed E-state index contributed by atoms with van der Waals surface area (Å²) in [5.41, 5.74) is -0.250. The first-order valence-electron chi connectivity index (χ1n) is 12.9. The summed E-state index contributed by atoms with van der Waals surface area (Å²) in [4.78, 5) is 27.8. The maximum absolute atomic E-state index is 13.9. The molecule has 0 spiro atoms. The van der Waals surface area contributed by atoms with E-state index in [2.05, 4.69) is 21.2 Å². The molecule has 0 saturated carbocycles. The third-order valence-electron chi connectivity index (χ3n) is 6.41. The second-order valence-electron chi connectivity index (χ2n) is 9.60. The molecule has 42 heavy (non-hydrogen) atoms. The fourth-order valence-corrected chi connectivity index (χ4v) is 5.91. The number of aryl methyl sites for hydroxylation is 1. The summed E-state index contributed by atoms with van der Waals surface area (Å²) in [7, 11) is -4.54. The number of benzene rings is 3. The molecule has 0 saturated heterocycles. The molecule has 0 aliphatic carbocycles. The fraction of sp³-hybridized carbons (Fsp3) is 0.310. The zero-order valence-electron chi connectivity index (χ0n) is 23.1. The highest BCUT2D eigenvalue weighted by Crippen LogP contribution is 2.38. The zero-order chi connectivity index (χ0) is 31.2. The number of rotatable bonds is 11. The van der Waals surface area contributed by atoms with Gasteiger partial charge in [0.2, 0.25) is 11.8 Å². The molecule has 1 N–H and O–H groups in total. The van der Waals surface area contributed by atoms with Crippen molar-refractivity contribution < 1.29 is 31.2 Å². The lowest BCUT2D eigenvalue weighted by atomic mass is 10.1. The van der Waals surface area contributed by atoms with Crippen molar-refractivity contribution in [1.29, 1.82) is 0 Å². The van der Waals surface area contributed by atoms with Crippen LogP contribution in [0.2, 0.25) is 5.02 Å². The van der Waals surface area contributed by atoms with Gasteiger partial charge in [-0.25, -0.2) is 8.42 Å². The smallest absolute Gasteiger partial charge is 0.354 e. The van der Waals surface area contributed by atoms with Crippen LogP contribution in [0.4, 0.5) is 18.9 Å². The molecular weight excluding hydrogens is 659 g/mol. The van der Waals surface area contributed by atoms with Gasteiger partial charge in [-0.3, -0.25) is 13.9 Å². The molecular formula is C29H30BrClF3N3O4S. The Bertz CT molecular complexity index is 1520. The topological polar surface area (TPSA) is 86.8 Å². The molecule has 0 fully saturated rings. The first-order chi connectivity index (χ1) is 19.6. The Morgan fingerprint density at radius 3 is 2.21 bits per heavy atom. The predicted molar refractivity (Wildman–Crippen MR) is 160 cm³/mol. The van der Waals surface area contributed by atoms with Crippen molar-refractivity contribution in [2.24, 2.45) is 0 Å². The predicted octanol–water partition coefficient (Wildman–Crippen LogP) is 6.57. The van der Waals surface area contributed by atoms with Gasteiger partial charge in [0, 0.05) is 17.6 Å². The van der Waals surface area contributed by atoms with E-state index in [-0.39, 0.29) is 11.4 Å². The van der Waals surface area contributed by atoms with Crippen molar-refractivity contribution in [1.82, 2.24) is 10.2 Å². The van der Waals surface area contributed by atoms with E-state index in [1.165, 1.54) is 36.1 Å². The number of nitrogens with zero attached hydrogens (tertiary/aromatic N) is 2. The molecule has 226 valence electrons. The van der Waals surface area contributed by atoms with Gasteiger partial charge in [0.15, 0.2) is 0 Å². The van der Waals surface area contributed by atoms with Crippen LogP contribution >= 0.6 is 27.5 Å². The average Bonchev–Trinajstić information content (AvgIpc) is 2.93. The van der Waals surface area contributed by atoms with Crippen LogP contribution in [0.3, 0.4) is 0 Å². The van der Waals surface area contributed by atoms with Crippen molar-refractivity contribution >= 4 is 55.1 Å². The standard InChI is InChI=1S/C29H30BrClF3N3O4S/c1-4-15-35-28(39)20(3)36(17-21-7-9-22(30)10-8-21)27(38)18-37(42(40,41)24-12-5-19(2)6-13-24)23-11-14-26(31)25(16-23)29(32,33)34/h5-14,16,20H,4,15,17-18H2,1-3H3,(H,35,39)/t20-/m1/s1. The third-order valence-corrected chi connectivity index (χ3v) is 9.06. The van der Waals surface area contributed by atoms with Gasteiger partial charge in [0.1, 0.15) is 12.6 Å². The van der Waals surface area contributed by atoms with Crippen LogP contribution in [0, 0.1) is 6.92 Å².